The minimum absolute atomic E-state index is 0. The molecule has 0 saturated heterocycles. The van der Waals surface area contributed by atoms with Crippen LogP contribution in [0, 0.1) is 6.07 Å². The summed E-state index contributed by atoms with van der Waals surface area (Å²) >= 11 is 5.94. The summed E-state index contributed by atoms with van der Waals surface area (Å²) in [5.41, 5.74) is 2.37. The van der Waals surface area contributed by atoms with Gasteiger partial charge in [-0.3, -0.25) is 4.90 Å². The van der Waals surface area contributed by atoms with Crippen molar-refractivity contribution >= 4 is 11.6 Å². The van der Waals surface area contributed by atoms with Gasteiger partial charge in [-0.05, 0) is 43.0 Å². The second kappa shape index (κ2) is 8.18. The molecule has 0 amide bonds. The number of hydrogen-bond acceptors (Lipinski definition) is 1. The van der Waals surface area contributed by atoms with Crippen molar-refractivity contribution in [3.05, 3.63) is 69.7 Å². The molecule has 0 fully saturated rings. The Labute approximate surface area is 163 Å². The average molecular weight is 360 g/mol. The zero-order valence-corrected chi connectivity index (χ0v) is 15.1. The topological polar surface area (TPSA) is 3.24 Å². The molecule has 0 bridgehead atoms. The van der Waals surface area contributed by atoms with Gasteiger partial charge in [0.2, 0.25) is 0 Å². The van der Waals surface area contributed by atoms with Crippen LogP contribution >= 0.6 is 11.6 Å². The summed E-state index contributed by atoms with van der Waals surface area (Å²) in [6, 6.07) is 13.0. The van der Waals surface area contributed by atoms with E-state index in [0.29, 0.717) is 18.1 Å². The van der Waals surface area contributed by atoms with E-state index in [2.05, 4.69) is 17.9 Å². The van der Waals surface area contributed by atoms with Gasteiger partial charge >= 0.3 is 25.0 Å². The number of hydrogen-bond donors (Lipinski definition) is 0. The van der Waals surface area contributed by atoms with Crippen LogP contribution in [0.4, 0.5) is 13.2 Å². The Balaban J connectivity index is 0.00000225. The van der Waals surface area contributed by atoms with Crippen molar-refractivity contribution in [2.75, 3.05) is 0 Å². The first-order valence-corrected chi connectivity index (χ1v) is 8.30. The third-order valence-electron chi connectivity index (χ3n) is 4.59. The van der Waals surface area contributed by atoms with Crippen molar-refractivity contribution < 1.29 is 32.0 Å². The summed E-state index contributed by atoms with van der Waals surface area (Å²) < 4.78 is 38.5. The van der Waals surface area contributed by atoms with Crippen LogP contribution in [0.15, 0.2) is 36.4 Å². The molecule has 128 valence electrons. The van der Waals surface area contributed by atoms with E-state index in [9.17, 15) is 13.2 Å². The molecule has 1 aliphatic heterocycles. The van der Waals surface area contributed by atoms with Crippen molar-refractivity contribution in [1.29, 1.82) is 0 Å². The van der Waals surface area contributed by atoms with E-state index in [-0.39, 0.29) is 24.9 Å². The molecule has 0 radical (unpaired) electrons. The molecule has 1 nitrogen and oxygen atoms in total. The van der Waals surface area contributed by atoms with Crippen LogP contribution in [0.5, 0.6) is 0 Å². The van der Waals surface area contributed by atoms with Crippen LogP contribution in [0.3, 0.4) is 0 Å². The number of fused-ring (bicyclic) bond motifs is 1. The van der Waals surface area contributed by atoms with Gasteiger partial charge in [0.15, 0.2) is 0 Å². The molecular weight excluding hydrogens is 342 g/mol. The molecule has 0 saturated carbocycles. The predicted molar refractivity (Wildman–Crippen MR) is 88.8 cm³/mol. The van der Waals surface area contributed by atoms with Crippen molar-refractivity contribution in [2.24, 2.45) is 0 Å². The van der Waals surface area contributed by atoms with E-state index >= 15 is 0 Å². The van der Waals surface area contributed by atoms with E-state index in [1.807, 2.05) is 18.2 Å². The molecule has 0 aliphatic carbocycles. The van der Waals surface area contributed by atoms with E-state index < -0.39 is 11.7 Å². The Bertz CT molecular complexity index is 733. The minimum Gasteiger partial charge on any atom is -0.292 e. The summed E-state index contributed by atoms with van der Waals surface area (Å²) in [4.78, 5) is 2.22. The molecule has 0 aromatic heterocycles. The zero-order valence-electron chi connectivity index (χ0n) is 14.3. The van der Waals surface area contributed by atoms with Gasteiger partial charge in [-0.2, -0.15) is 36.9 Å². The van der Waals surface area contributed by atoms with Crippen molar-refractivity contribution in [1.82, 2.24) is 4.90 Å². The average Bonchev–Trinajstić information content (AvgIpc) is 2.95. The molecule has 1 atom stereocenters. The van der Waals surface area contributed by atoms with E-state index in [4.69, 9.17) is 11.6 Å². The molecule has 0 unspecified atom stereocenters. The van der Waals surface area contributed by atoms with Gasteiger partial charge in [0, 0.05) is 19.1 Å². The quantitative estimate of drug-likeness (QED) is 0.599. The third-order valence-corrected chi connectivity index (χ3v) is 4.80. The number of nitrogens with zero attached hydrogens (tertiary/aromatic N) is 1. The summed E-state index contributed by atoms with van der Waals surface area (Å²) in [6.45, 7) is 3.40. The third kappa shape index (κ3) is 5.05. The number of halogens is 4. The van der Waals surface area contributed by atoms with Crippen LogP contribution in [-0.4, -0.2) is 10.9 Å². The summed E-state index contributed by atoms with van der Waals surface area (Å²) in [6.07, 6.45) is -2.46. The first kappa shape index (κ1) is 20.4. The molecule has 6 heteroatoms. The number of alkyl halides is 3. The maximum atomic E-state index is 12.8. The Morgan fingerprint density at radius 1 is 1.16 bits per heavy atom. The molecule has 2 aromatic carbocycles. The second-order valence-corrected chi connectivity index (χ2v) is 6.73. The van der Waals surface area contributed by atoms with Gasteiger partial charge in [0.05, 0.1) is 5.56 Å². The van der Waals surface area contributed by atoms with Crippen LogP contribution < -0.4 is 18.9 Å². The first-order valence-electron chi connectivity index (χ1n) is 7.92. The normalized spacial score (nSPS) is 15.6. The maximum absolute atomic E-state index is 12.8. The van der Waals surface area contributed by atoms with Crippen LogP contribution in [-0.2, 0) is 25.7 Å². The Hall–Kier alpha value is -0.923. The smallest absolute Gasteiger partial charge is 0.292 e. The van der Waals surface area contributed by atoms with Crippen molar-refractivity contribution in [3.63, 3.8) is 0 Å². The molecule has 1 heterocycles. The first-order chi connectivity index (χ1) is 11.3. The van der Waals surface area contributed by atoms with Gasteiger partial charge in [-0.1, -0.05) is 11.1 Å². The number of benzene rings is 2. The fraction of sp³-hybridized carbons (Fsp3) is 0.368. The van der Waals surface area contributed by atoms with Gasteiger partial charge in [0.1, 0.15) is 0 Å². The zero-order chi connectivity index (χ0) is 17.3. The van der Waals surface area contributed by atoms with E-state index in [1.54, 1.807) is 6.07 Å². The van der Waals surface area contributed by atoms with Gasteiger partial charge in [-0.15, -0.1) is 17.7 Å². The molecular formula is C19H18ClF3LiN. The van der Waals surface area contributed by atoms with Crippen molar-refractivity contribution in [2.45, 2.75) is 45.1 Å². The molecule has 1 aliphatic rings. The monoisotopic (exact) mass is 359 g/mol. The van der Waals surface area contributed by atoms with E-state index in [0.717, 1.165) is 29.5 Å². The fourth-order valence-corrected chi connectivity index (χ4v) is 3.31. The Morgan fingerprint density at radius 3 is 2.56 bits per heavy atom. The molecule has 3 rings (SSSR count). The number of rotatable bonds is 4. The van der Waals surface area contributed by atoms with Gasteiger partial charge in [0.25, 0.3) is 0 Å². The Kier molecular flexibility index (Phi) is 6.67. The minimum atomic E-state index is -4.28. The summed E-state index contributed by atoms with van der Waals surface area (Å²) in [7, 11) is 0. The van der Waals surface area contributed by atoms with Crippen molar-refractivity contribution in [3.8, 4) is 0 Å². The van der Waals surface area contributed by atoms with Crippen LogP contribution in [0.1, 0.15) is 35.6 Å². The van der Waals surface area contributed by atoms with Crippen LogP contribution in [0.2, 0.25) is 5.02 Å². The summed E-state index contributed by atoms with van der Waals surface area (Å²) in [5, 5.41) is 0.605. The standard InChI is InChI=1S/C19H18ClF3N.Li/c1-13(5-6-14-3-2-4-18(20)9-14)24-11-15-7-8-17(19(21,22)23)10-16(15)12-24;/h2-3,7-10,13H,5-6,11-12H2,1H3;/q-1;+1/t13-;/m1./s1. The Morgan fingerprint density at radius 2 is 1.88 bits per heavy atom. The SMILES string of the molecule is C[C@H](CCc1cc[c-]c(Cl)c1)N1Cc2ccc(C(F)(F)F)cc2C1.[Li+]. The van der Waals surface area contributed by atoms with Gasteiger partial charge in [-0.25, -0.2) is 0 Å². The van der Waals surface area contributed by atoms with Crippen LogP contribution in [0.25, 0.3) is 0 Å². The van der Waals surface area contributed by atoms with E-state index in [1.165, 1.54) is 12.1 Å². The molecule has 25 heavy (non-hydrogen) atoms. The molecule has 0 spiro atoms. The van der Waals surface area contributed by atoms with Gasteiger partial charge < -0.3 is 0 Å². The number of aryl methyl sites for hydroxylation is 1. The fourth-order valence-electron chi connectivity index (χ4n) is 3.10. The summed E-state index contributed by atoms with van der Waals surface area (Å²) in [5.74, 6) is 0. The molecule has 0 N–H and O–H groups in total. The largest absolute Gasteiger partial charge is 1.00 e. The molecule has 2 aromatic rings. The second-order valence-electron chi connectivity index (χ2n) is 6.32. The maximum Gasteiger partial charge on any atom is 1.00 e. The predicted octanol–water partition coefficient (Wildman–Crippen LogP) is 2.50.